The first kappa shape index (κ1) is 15.1. The Balaban J connectivity index is 2.39. The summed E-state index contributed by atoms with van der Waals surface area (Å²) in [5.41, 5.74) is 0. The third-order valence-electron chi connectivity index (χ3n) is 4.05. The molecular formula is C12H26O4Si. The maximum absolute atomic E-state index is 9.87. The second-order valence-corrected chi connectivity index (χ2v) is 8.15. The van der Waals surface area contributed by atoms with E-state index in [0.717, 1.165) is 25.3 Å². The summed E-state index contributed by atoms with van der Waals surface area (Å²) < 4.78 is 16.2. The number of hydrogen-bond acceptors (Lipinski definition) is 4. The van der Waals surface area contributed by atoms with Crippen molar-refractivity contribution in [3.8, 4) is 0 Å². The van der Waals surface area contributed by atoms with Gasteiger partial charge in [-0.1, -0.05) is 13.3 Å². The first-order valence-corrected chi connectivity index (χ1v) is 8.33. The predicted octanol–water partition coefficient (Wildman–Crippen LogP) is 2.05. The van der Waals surface area contributed by atoms with Crippen LogP contribution < -0.4 is 0 Å². The second-order valence-electron chi connectivity index (χ2n) is 5.06. The van der Waals surface area contributed by atoms with Crippen molar-refractivity contribution in [3.63, 3.8) is 0 Å². The Hall–Kier alpha value is 0.0569. The van der Waals surface area contributed by atoms with Gasteiger partial charge in [0.1, 0.15) is 0 Å². The van der Waals surface area contributed by atoms with E-state index >= 15 is 0 Å². The monoisotopic (exact) mass is 262 g/mol. The summed E-state index contributed by atoms with van der Waals surface area (Å²) in [4.78, 5) is 0. The zero-order valence-corrected chi connectivity index (χ0v) is 12.4. The summed E-state index contributed by atoms with van der Waals surface area (Å²) in [5.74, 6) is 1.02. The summed E-state index contributed by atoms with van der Waals surface area (Å²) in [6.45, 7) is 2.12. The zero-order valence-electron chi connectivity index (χ0n) is 11.4. The Labute approximate surface area is 106 Å². The van der Waals surface area contributed by atoms with Gasteiger partial charge < -0.3 is 18.4 Å². The van der Waals surface area contributed by atoms with Gasteiger partial charge in [-0.15, -0.1) is 0 Å². The smallest absolute Gasteiger partial charge is 0.393 e. The van der Waals surface area contributed by atoms with Crippen LogP contribution in [0.2, 0.25) is 6.04 Å². The van der Waals surface area contributed by atoms with Gasteiger partial charge in [0.2, 0.25) is 0 Å². The lowest BCUT2D eigenvalue weighted by Gasteiger charge is -2.32. The van der Waals surface area contributed by atoms with E-state index in [1.54, 1.807) is 21.3 Å². The molecule has 1 N–H and O–H groups in total. The van der Waals surface area contributed by atoms with E-state index in [2.05, 4.69) is 6.92 Å². The maximum atomic E-state index is 9.87. The topological polar surface area (TPSA) is 47.9 Å². The molecule has 3 atom stereocenters. The van der Waals surface area contributed by atoms with Crippen molar-refractivity contribution < 1.29 is 18.4 Å². The van der Waals surface area contributed by atoms with Gasteiger partial charge in [-0.3, -0.25) is 0 Å². The van der Waals surface area contributed by atoms with Crippen molar-refractivity contribution in [2.45, 2.75) is 44.8 Å². The van der Waals surface area contributed by atoms with Crippen LogP contribution in [0.3, 0.4) is 0 Å². The molecule has 1 rings (SSSR count). The minimum Gasteiger partial charge on any atom is -0.393 e. The van der Waals surface area contributed by atoms with Gasteiger partial charge in [0, 0.05) is 27.4 Å². The van der Waals surface area contributed by atoms with E-state index < -0.39 is 8.80 Å². The summed E-state index contributed by atoms with van der Waals surface area (Å²) in [5, 5.41) is 9.87. The van der Waals surface area contributed by atoms with E-state index in [1.165, 1.54) is 6.42 Å². The molecule has 102 valence electrons. The summed E-state index contributed by atoms with van der Waals surface area (Å²) in [6, 6.07) is 0.836. The molecule has 0 amide bonds. The molecule has 0 saturated heterocycles. The van der Waals surface area contributed by atoms with Gasteiger partial charge in [-0.25, -0.2) is 0 Å². The highest BCUT2D eigenvalue weighted by Crippen LogP contribution is 2.33. The normalized spacial score (nSPS) is 30.5. The Morgan fingerprint density at radius 1 is 1.12 bits per heavy atom. The van der Waals surface area contributed by atoms with Crippen molar-refractivity contribution in [1.29, 1.82) is 0 Å². The van der Waals surface area contributed by atoms with E-state index in [9.17, 15) is 5.11 Å². The minimum absolute atomic E-state index is 0.141. The fraction of sp³-hybridized carbons (Fsp3) is 1.00. The molecule has 1 aliphatic rings. The second kappa shape index (κ2) is 6.85. The van der Waals surface area contributed by atoms with Crippen LogP contribution in [0, 0.1) is 11.8 Å². The van der Waals surface area contributed by atoms with E-state index in [0.29, 0.717) is 11.8 Å². The standard InChI is InChI=1S/C12H26O4Si/c1-10-5-6-11(9-12(10)13)7-8-17(14-2,15-3)16-4/h10-13H,5-9H2,1-4H3. The number of aliphatic hydroxyl groups is 1. The SMILES string of the molecule is CO[Si](CCC1CCC(C)C(O)C1)(OC)OC. The molecule has 1 fully saturated rings. The molecule has 0 aromatic heterocycles. The molecule has 0 aliphatic heterocycles. The van der Waals surface area contributed by atoms with Gasteiger partial charge in [-0.05, 0) is 31.1 Å². The fourth-order valence-corrected chi connectivity index (χ4v) is 4.46. The molecule has 1 aliphatic carbocycles. The molecule has 0 bridgehead atoms. The molecule has 0 aromatic rings. The number of hydrogen-bond donors (Lipinski definition) is 1. The molecule has 0 aromatic carbocycles. The molecule has 0 radical (unpaired) electrons. The average molecular weight is 262 g/mol. The highest BCUT2D eigenvalue weighted by Gasteiger charge is 2.38. The summed E-state index contributed by atoms with van der Waals surface area (Å²) in [6.07, 6.45) is 4.10. The molecule has 17 heavy (non-hydrogen) atoms. The van der Waals surface area contributed by atoms with Gasteiger partial charge >= 0.3 is 8.80 Å². The Morgan fingerprint density at radius 2 is 1.71 bits per heavy atom. The van der Waals surface area contributed by atoms with Gasteiger partial charge in [0.15, 0.2) is 0 Å². The summed E-state index contributed by atoms with van der Waals surface area (Å²) >= 11 is 0. The average Bonchev–Trinajstić information content (AvgIpc) is 2.36. The molecule has 3 unspecified atom stereocenters. The van der Waals surface area contributed by atoms with Crippen molar-refractivity contribution >= 4 is 8.80 Å². The Bertz CT molecular complexity index is 212. The lowest BCUT2D eigenvalue weighted by Crippen LogP contribution is -2.43. The van der Waals surface area contributed by atoms with Crippen molar-refractivity contribution in [2.75, 3.05) is 21.3 Å². The van der Waals surface area contributed by atoms with Crippen LogP contribution >= 0.6 is 0 Å². The maximum Gasteiger partial charge on any atom is 0.500 e. The first-order chi connectivity index (χ1) is 8.06. The predicted molar refractivity (Wildman–Crippen MR) is 68.7 cm³/mol. The molecule has 5 heteroatoms. The summed E-state index contributed by atoms with van der Waals surface area (Å²) in [7, 11) is 2.53. The van der Waals surface area contributed by atoms with E-state index in [4.69, 9.17) is 13.3 Å². The quantitative estimate of drug-likeness (QED) is 0.744. The van der Waals surface area contributed by atoms with E-state index in [-0.39, 0.29) is 6.10 Å². The lowest BCUT2D eigenvalue weighted by molar-refractivity contribution is 0.0496. The Morgan fingerprint density at radius 3 is 2.18 bits per heavy atom. The highest BCUT2D eigenvalue weighted by atomic mass is 28.4. The van der Waals surface area contributed by atoms with Crippen LogP contribution in [0.15, 0.2) is 0 Å². The van der Waals surface area contributed by atoms with E-state index in [1.807, 2.05) is 0 Å². The molecule has 0 heterocycles. The zero-order chi connectivity index (χ0) is 12.9. The van der Waals surface area contributed by atoms with Crippen molar-refractivity contribution in [1.82, 2.24) is 0 Å². The van der Waals surface area contributed by atoms with Gasteiger partial charge in [0.25, 0.3) is 0 Å². The van der Waals surface area contributed by atoms with Crippen LogP contribution in [-0.2, 0) is 13.3 Å². The van der Waals surface area contributed by atoms with Crippen molar-refractivity contribution in [2.24, 2.45) is 11.8 Å². The lowest BCUT2D eigenvalue weighted by atomic mass is 9.80. The highest BCUT2D eigenvalue weighted by molar-refractivity contribution is 6.60. The molecule has 4 nitrogen and oxygen atoms in total. The van der Waals surface area contributed by atoms with Crippen molar-refractivity contribution in [3.05, 3.63) is 0 Å². The van der Waals surface area contributed by atoms with Crippen LogP contribution in [0.4, 0.5) is 0 Å². The number of rotatable bonds is 6. The van der Waals surface area contributed by atoms with Gasteiger partial charge in [-0.2, -0.15) is 0 Å². The minimum atomic E-state index is -2.42. The van der Waals surface area contributed by atoms with Crippen LogP contribution in [0.5, 0.6) is 0 Å². The molecule has 1 saturated carbocycles. The number of aliphatic hydroxyl groups excluding tert-OH is 1. The first-order valence-electron chi connectivity index (χ1n) is 6.40. The largest absolute Gasteiger partial charge is 0.500 e. The fourth-order valence-electron chi connectivity index (χ4n) is 2.58. The van der Waals surface area contributed by atoms with Crippen LogP contribution in [0.1, 0.15) is 32.6 Å². The Kier molecular flexibility index (Phi) is 6.09. The van der Waals surface area contributed by atoms with Crippen LogP contribution in [0.25, 0.3) is 0 Å². The molecular weight excluding hydrogens is 236 g/mol. The third-order valence-corrected chi connectivity index (χ3v) is 6.82. The van der Waals surface area contributed by atoms with Crippen LogP contribution in [-0.4, -0.2) is 41.3 Å². The van der Waals surface area contributed by atoms with Gasteiger partial charge in [0.05, 0.1) is 6.10 Å². The third kappa shape index (κ3) is 4.03. The molecule has 0 spiro atoms.